The second kappa shape index (κ2) is 4.58. The summed E-state index contributed by atoms with van der Waals surface area (Å²) in [6.07, 6.45) is 1.59. The molecule has 0 saturated carbocycles. The van der Waals surface area contributed by atoms with Crippen LogP contribution in [0.1, 0.15) is 12.8 Å². The molecule has 1 heterocycles. The van der Waals surface area contributed by atoms with Crippen LogP contribution in [0.3, 0.4) is 0 Å². The summed E-state index contributed by atoms with van der Waals surface area (Å²) in [6.45, 7) is 1.29. The zero-order valence-corrected chi connectivity index (χ0v) is 8.22. The van der Waals surface area contributed by atoms with Crippen molar-refractivity contribution in [2.75, 3.05) is 24.7 Å². The minimum Gasteiger partial charge on any atom is -0.381 e. The lowest BCUT2D eigenvalue weighted by Crippen LogP contribution is -2.24. The Bertz CT molecular complexity index is 285. The Labute approximate surface area is 78.4 Å². The fourth-order valence-electron chi connectivity index (χ4n) is 1.43. The maximum atomic E-state index is 11.2. The lowest BCUT2D eigenvalue weighted by molar-refractivity contribution is 0.0723. The van der Waals surface area contributed by atoms with Crippen LogP contribution in [0.25, 0.3) is 0 Å². The van der Waals surface area contributed by atoms with Crippen molar-refractivity contribution in [3.8, 4) is 6.07 Å². The molecule has 0 amide bonds. The highest BCUT2D eigenvalue weighted by molar-refractivity contribution is 7.91. The van der Waals surface area contributed by atoms with E-state index in [4.69, 9.17) is 10.00 Å². The first-order chi connectivity index (χ1) is 6.14. The first-order valence-electron chi connectivity index (χ1n) is 4.29. The average Bonchev–Trinajstić information content (AvgIpc) is 2.04. The van der Waals surface area contributed by atoms with E-state index in [-0.39, 0.29) is 17.4 Å². The Morgan fingerprint density at radius 2 is 2.00 bits per heavy atom. The Balaban J connectivity index is 2.43. The molecule has 1 aliphatic rings. The molecule has 74 valence electrons. The number of rotatable bonds is 3. The molecule has 5 heteroatoms. The van der Waals surface area contributed by atoms with Gasteiger partial charge in [0.25, 0.3) is 0 Å². The van der Waals surface area contributed by atoms with Crippen LogP contribution in [0.2, 0.25) is 0 Å². The van der Waals surface area contributed by atoms with Crippen molar-refractivity contribution in [2.24, 2.45) is 5.92 Å². The fraction of sp³-hybridized carbons (Fsp3) is 0.875. The van der Waals surface area contributed by atoms with Crippen molar-refractivity contribution in [3.63, 3.8) is 0 Å². The third-order valence-corrected chi connectivity index (χ3v) is 3.66. The van der Waals surface area contributed by atoms with E-state index < -0.39 is 9.84 Å². The van der Waals surface area contributed by atoms with Crippen LogP contribution < -0.4 is 0 Å². The van der Waals surface area contributed by atoms with Crippen molar-refractivity contribution in [1.82, 2.24) is 0 Å². The largest absolute Gasteiger partial charge is 0.381 e. The smallest absolute Gasteiger partial charge is 0.163 e. The van der Waals surface area contributed by atoms with E-state index in [1.807, 2.05) is 0 Å². The van der Waals surface area contributed by atoms with Gasteiger partial charge >= 0.3 is 0 Å². The van der Waals surface area contributed by atoms with Gasteiger partial charge in [0.2, 0.25) is 0 Å². The monoisotopic (exact) mass is 203 g/mol. The summed E-state index contributed by atoms with van der Waals surface area (Å²) in [5.74, 6) is -0.0269. The number of ether oxygens (including phenoxy) is 1. The zero-order valence-electron chi connectivity index (χ0n) is 7.40. The van der Waals surface area contributed by atoms with Crippen LogP contribution in [-0.2, 0) is 14.6 Å². The quantitative estimate of drug-likeness (QED) is 0.663. The zero-order chi connectivity index (χ0) is 9.73. The fourth-order valence-corrected chi connectivity index (χ4v) is 2.80. The van der Waals surface area contributed by atoms with Gasteiger partial charge in [-0.05, 0) is 18.8 Å². The Morgan fingerprint density at radius 3 is 2.54 bits per heavy atom. The Morgan fingerprint density at radius 1 is 1.38 bits per heavy atom. The average molecular weight is 203 g/mol. The third-order valence-electron chi connectivity index (χ3n) is 2.11. The Kier molecular flexibility index (Phi) is 3.70. The van der Waals surface area contributed by atoms with Gasteiger partial charge in [0.1, 0.15) is 5.75 Å². The van der Waals surface area contributed by atoms with Gasteiger partial charge in [-0.1, -0.05) is 0 Å². The van der Waals surface area contributed by atoms with Gasteiger partial charge in [-0.15, -0.1) is 0 Å². The third kappa shape index (κ3) is 3.75. The molecule has 0 radical (unpaired) electrons. The van der Waals surface area contributed by atoms with Gasteiger partial charge in [0.05, 0.1) is 11.8 Å². The SMILES string of the molecule is N#CCS(=O)(=O)CC1CCOCC1. The molecule has 4 nitrogen and oxygen atoms in total. The Hall–Kier alpha value is -0.600. The van der Waals surface area contributed by atoms with Crippen molar-refractivity contribution < 1.29 is 13.2 Å². The van der Waals surface area contributed by atoms with Crippen molar-refractivity contribution in [1.29, 1.82) is 5.26 Å². The molecule has 0 aromatic heterocycles. The molecule has 0 spiro atoms. The van der Waals surface area contributed by atoms with Gasteiger partial charge in [0, 0.05) is 13.2 Å². The molecule has 0 aliphatic carbocycles. The molecule has 1 rings (SSSR count). The van der Waals surface area contributed by atoms with Gasteiger partial charge < -0.3 is 4.74 Å². The van der Waals surface area contributed by atoms with E-state index in [1.54, 1.807) is 6.07 Å². The number of nitriles is 1. The van der Waals surface area contributed by atoms with Crippen LogP contribution >= 0.6 is 0 Å². The molecule has 1 fully saturated rings. The lowest BCUT2D eigenvalue weighted by atomic mass is 10.0. The second-order valence-corrected chi connectivity index (χ2v) is 5.38. The summed E-state index contributed by atoms with van der Waals surface area (Å²) in [6, 6.07) is 1.68. The van der Waals surface area contributed by atoms with E-state index in [9.17, 15) is 8.42 Å². The van der Waals surface area contributed by atoms with Crippen LogP contribution in [0.5, 0.6) is 0 Å². The molecular weight excluding hydrogens is 190 g/mol. The molecule has 13 heavy (non-hydrogen) atoms. The molecule has 1 aliphatic heterocycles. The molecule has 0 bridgehead atoms. The van der Waals surface area contributed by atoms with E-state index in [1.165, 1.54) is 0 Å². The van der Waals surface area contributed by atoms with Crippen LogP contribution in [0, 0.1) is 17.2 Å². The van der Waals surface area contributed by atoms with E-state index in [0.717, 1.165) is 12.8 Å². The molecule has 0 unspecified atom stereocenters. The van der Waals surface area contributed by atoms with Crippen LogP contribution in [0.15, 0.2) is 0 Å². The highest BCUT2D eigenvalue weighted by Gasteiger charge is 2.21. The second-order valence-electron chi connectivity index (χ2n) is 3.27. The molecule has 0 N–H and O–H groups in total. The van der Waals surface area contributed by atoms with Gasteiger partial charge in [-0.25, -0.2) is 8.42 Å². The number of hydrogen-bond donors (Lipinski definition) is 0. The summed E-state index contributed by atoms with van der Waals surface area (Å²) in [7, 11) is -3.15. The highest BCUT2D eigenvalue weighted by atomic mass is 32.2. The first-order valence-corrected chi connectivity index (χ1v) is 6.11. The maximum Gasteiger partial charge on any atom is 0.163 e. The highest BCUT2D eigenvalue weighted by Crippen LogP contribution is 2.16. The summed E-state index contributed by atoms with van der Waals surface area (Å²) < 4.78 is 27.6. The maximum absolute atomic E-state index is 11.2. The summed E-state index contributed by atoms with van der Waals surface area (Å²) in [5.41, 5.74) is 0. The van der Waals surface area contributed by atoms with Gasteiger partial charge in [0.15, 0.2) is 9.84 Å². The molecule has 0 aromatic rings. The van der Waals surface area contributed by atoms with E-state index in [0.29, 0.717) is 13.2 Å². The van der Waals surface area contributed by atoms with Crippen LogP contribution in [-0.4, -0.2) is 33.1 Å². The summed E-state index contributed by atoms with van der Waals surface area (Å²) >= 11 is 0. The van der Waals surface area contributed by atoms with Gasteiger partial charge in [-0.2, -0.15) is 5.26 Å². The number of hydrogen-bond acceptors (Lipinski definition) is 4. The van der Waals surface area contributed by atoms with Crippen molar-refractivity contribution >= 4 is 9.84 Å². The van der Waals surface area contributed by atoms with E-state index in [2.05, 4.69) is 0 Å². The van der Waals surface area contributed by atoms with Crippen molar-refractivity contribution in [3.05, 3.63) is 0 Å². The molecule has 0 aromatic carbocycles. The normalized spacial score (nSPS) is 19.6. The van der Waals surface area contributed by atoms with Gasteiger partial charge in [-0.3, -0.25) is 0 Å². The van der Waals surface area contributed by atoms with Crippen LogP contribution in [0.4, 0.5) is 0 Å². The predicted octanol–water partition coefficient (Wildman–Crippen LogP) is 0.351. The van der Waals surface area contributed by atoms with Crippen molar-refractivity contribution in [2.45, 2.75) is 12.8 Å². The standard InChI is InChI=1S/C8H13NO3S/c9-3-6-13(10,11)7-8-1-4-12-5-2-8/h8H,1-2,4-7H2. The topological polar surface area (TPSA) is 67.2 Å². The predicted molar refractivity (Wildman–Crippen MR) is 47.8 cm³/mol. The molecule has 0 atom stereocenters. The minimum absolute atomic E-state index is 0.143. The first kappa shape index (κ1) is 10.5. The minimum atomic E-state index is -3.15. The molecule has 1 saturated heterocycles. The molecular formula is C8H13NO3S. The number of nitrogens with zero attached hydrogens (tertiary/aromatic N) is 1. The summed E-state index contributed by atoms with van der Waals surface area (Å²) in [5, 5.41) is 8.28. The number of sulfone groups is 1. The van der Waals surface area contributed by atoms with E-state index >= 15 is 0 Å². The summed E-state index contributed by atoms with van der Waals surface area (Å²) in [4.78, 5) is 0. The lowest BCUT2D eigenvalue weighted by Gasteiger charge is -2.20.